The minimum absolute atomic E-state index is 0.0957. The van der Waals surface area contributed by atoms with Gasteiger partial charge < -0.3 is 10.6 Å². The predicted octanol–water partition coefficient (Wildman–Crippen LogP) is 4.03. The Balaban J connectivity index is 1.80. The molecule has 0 bridgehead atoms. The van der Waals surface area contributed by atoms with E-state index in [1.54, 1.807) is 12.1 Å². The minimum Gasteiger partial charge on any atom is -0.375 e. The molecule has 3 nitrogen and oxygen atoms in total. The van der Waals surface area contributed by atoms with E-state index in [2.05, 4.69) is 10.6 Å². The van der Waals surface area contributed by atoms with E-state index in [-0.39, 0.29) is 12.5 Å². The normalized spacial score (nSPS) is 10.2. The van der Waals surface area contributed by atoms with Crippen LogP contribution in [-0.4, -0.2) is 12.5 Å². The topological polar surface area (TPSA) is 41.1 Å². The summed E-state index contributed by atoms with van der Waals surface area (Å²) in [5.74, 6) is -0.0957. The monoisotopic (exact) mass is 322 g/mol. The van der Waals surface area contributed by atoms with Crippen molar-refractivity contribution < 1.29 is 4.79 Å². The summed E-state index contributed by atoms with van der Waals surface area (Å²) in [6.07, 6.45) is 0. The van der Waals surface area contributed by atoms with Crippen LogP contribution < -0.4 is 10.6 Å². The van der Waals surface area contributed by atoms with Crippen LogP contribution in [0.4, 0.5) is 5.69 Å². The fourth-order valence-corrected chi connectivity index (χ4v) is 2.23. The van der Waals surface area contributed by atoms with Gasteiger partial charge in [-0.15, -0.1) is 0 Å². The standard InChI is InChI=1S/C16H16Cl2N2O/c1-11-2-7-15(14(18)8-11)19-10-16(21)20-9-12-3-5-13(17)6-4-12/h2-8,19H,9-10H2,1H3,(H,20,21). The van der Waals surface area contributed by atoms with Crippen LogP contribution in [0.15, 0.2) is 42.5 Å². The largest absolute Gasteiger partial charge is 0.375 e. The molecule has 0 aliphatic rings. The maximum atomic E-state index is 11.8. The third-order valence-electron chi connectivity index (χ3n) is 2.97. The zero-order chi connectivity index (χ0) is 15.2. The molecule has 0 saturated heterocycles. The Kier molecular flexibility index (Phi) is 5.48. The van der Waals surface area contributed by atoms with Crippen molar-refractivity contribution in [2.24, 2.45) is 0 Å². The third kappa shape index (κ3) is 4.96. The molecule has 5 heteroatoms. The molecule has 0 fully saturated rings. The summed E-state index contributed by atoms with van der Waals surface area (Å²) in [4.78, 5) is 11.8. The van der Waals surface area contributed by atoms with Crippen LogP contribution in [0.5, 0.6) is 0 Å². The number of hydrogen-bond donors (Lipinski definition) is 2. The van der Waals surface area contributed by atoms with Crippen LogP contribution in [0.25, 0.3) is 0 Å². The lowest BCUT2D eigenvalue weighted by atomic mass is 10.2. The lowest BCUT2D eigenvalue weighted by Gasteiger charge is -2.10. The lowest BCUT2D eigenvalue weighted by molar-refractivity contribution is -0.119. The molecule has 0 aliphatic heterocycles. The number of carbonyl (C=O) groups is 1. The Morgan fingerprint density at radius 1 is 1.10 bits per heavy atom. The number of hydrogen-bond acceptors (Lipinski definition) is 2. The second-order valence-corrected chi connectivity index (χ2v) is 5.58. The first kappa shape index (κ1) is 15.7. The first-order chi connectivity index (χ1) is 10.0. The third-order valence-corrected chi connectivity index (χ3v) is 3.53. The summed E-state index contributed by atoms with van der Waals surface area (Å²) in [6.45, 7) is 2.62. The zero-order valence-electron chi connectivity index (χ0n) is 11.6. The van der Waals surface area contributed by atoms with Gasteiger partial charge in [0, 0.05) is 11.6 Å². The van der Waals surface area contributed by atoms with Crippen molar-refractivity contribution in [2.45, 2.75) is 13.5 Å². The van der Waals surface area contributed by atoms with Crippen molar-refractivity contribution in [3.63, 3.8) is 0 Å². The quantitative estimate of drug-likeness (QED) is 0.872. The number of rotatable bonds is 5. The van der Waals surface area contributed by atoms with E-state index in [1.807, 2.05) is 37.3 Å². The fraction of sp³-hybridized carbons (Fsp3) is 0.188. The molecule has 0 unspecified atom stereocenters. The van der Waals surface area contributed by atoms with Gasteiger partial charge in [0.05, 0.1) is 17.3 Å². The molecule has 0 saturated carbocycles. The second kappa shape index (κ2) is 7.34. The van der Waals surface area contributed by atoms with E-state index >= 15 is 0 Å². The summed E-state index contributed by atoms with van der Waals surface area (Å²) < 4.78 is 0. The first-order valence-electron chi connectivity index (χ1n) is 6.56. The molecule has 0 aromatic heterocycles. The molecule has 2 N–H and O–H groups in total. The molecule has 0 atom stereocenters. The smallest absolute Gasteiger partial charge is 0.239 e. The molecular formula is C16H16Cl2N2O. The van der Waals surface area contributed by atoms with E-state index in [4.69, 9.17) is 23.2 Å². The van der Waals surface area contributed by atoms with Gasteiger partial charge in [-0.2, -0.15) is 0 Å². The fourth-order valence-electron chi connectivity index (χ4n) is 1.80. The Morgan fingerprint density at radius 3 is 2.48 bits per heavy atom. The summed E-state index contributed by atoms with van der Waals surface area (Å²) in [6, 6.07) is 13.0. The van der Waals surface area contributed by atoms with E-state index in [9.17, 15) is 4.79 Å². The second-order valence-electron chi connectivity index (χ2n) is 4.74. The zero-order valence-corrected chi connectivity index (χ0v) is 13.1. The van der Waals surface area contributed by atoms with Gasteiger partial charge in [0.1, 0.15) is 0 Å². The molecule has 1 amide bonds. The van der Waals surface area contributed by atoms with Crippen LogP contribution in [0.1, 0.15) is 11.1 Å². The summed E-state index contributed by atoms with van der Waals surface area (Å²) in [5, 5.41) is 7.14. The highest BCUT2D eigenvalue weighted by Crippen LogP contribution is 2.22. The van der Waals surface area contributed by atoms with Crippen LogP contribution in [0.2, 0.25) is 10.0 Å². The summed E-state index contributed by atoms with van der Waals surface area (Å²) in [7, 11) is 0. The summed E-state index contributed by atoms with van der Waals surface area (Å²) >= 11 is 11.9. The minimum atomic E-state index is -0.0957. The number of carbonyl (C=O) groups excluding carboxylic acids is 1. The van der Waals surface area contributed by atoms with E-state index < -0.39 is 0 Å². The van der Waals surface area contributed by atoms with E-state index in [0.29, 0.717) is 16.6 Å². The number of nitrogens with one attached hydrogen (secondary N) is 2. The van der Waals surface area contributed by atoms with Gasteiger partial charge in [-0.25, -0.2) is 0 Å². The summed E-state index contributed by atoms with van der Waals surface area (Å²) in [5.41, 5.74) is 2.84. The maximum absolute atomic E-state index is 11.8. The van der Waals surface area contributed by atoms with E-state index in [1.165, 1.54) is 0 Å². The van der Waals surface area contributed by atoms with Crippen molar-refractivity contribution >= 4 is 34.8 Å². The Hall–Kier alpha value is -1.71. The van der Waals surface area contributed by atoms with Crippen LogP contribution in [0.3, 0.4) is 0 Å². The molecule has 0 radical (unpaired) electrons. The highest BCUT2D eigenvalue weighted by atomic mass is 35.5. The number of aryl methyl sites for hydroxylation is 1. The number of benzene rings is 2. The Labute approximate surface area is 134 Å². The van der Waals surface area contributed by atoms with E-state index in [0.717, 1.165) is 16.8 Å². The molecule has 0 aliphatic carbocycles. The molecule has 2 rings (SSSR count). The van der Waals surface area contributed by atoms with Gasteiger partial charge in [-0.1, -0.05) is 41.4 Å². The molecule has 2 aromatic carbocycles. The maximum Gasteiger partial charge on any atom is 0.239 e. The van der Waals surface area contributed by atoms with Crippen molar-refractivity contribution in [3.8, 4) is 0 Å². The number of anilines is 1. The average molecular weight is 323 g/mol. The van der Waals surface area contributed by atoms with Crippen LogP contribution >= 0.6 is 23.2 Å². The predicted molar refractivity (Wildman–Crippen MR) is 88.0 cm³/mol. The van der Waals surface area contributed by atoms with Crippen LogP contribution in [-0.2, 0) is 11.3 Å². The first-order valence-corrected chi connectivity index (χ1v) is 7.31. The van der Waals surface area contributed by atoms with Gasteiger partial charge >= 0.3 is 0 Å². The number of amides is 1. The van der Waals surface area contributed by atoms with Gasteiger partial charge in [-0.05, 0) is 42.3 Å². The highest BCUT2D eigenvalue weighted by Gasteiger charge is 2.04. The molecular weight excluding hydrogens is 307 g/mol. The molecule has 2 aromatic rings. The van der Waals surface area contributed by atoms with Gasteiger partial charge in [0.2, 0.25) is 5.91 Å². The van der Waals surface area contributed by atoms with Crippen molar-refractivity contribution in [1.82, 2.24) is 5.32 Å². The van der Waals surface area contributed by atoms with Crippen molar-refractivity contribution in [3.05, 3.63) is 63.6 Å². The molecule has 21 heavy (non-hydrogen) atoms. The molecule has 0 heterocycles. The highest BCUT2D eigenvalue weighted by molar-refractivity contribution is 6.33. The average Bonchev–Trinajstić information content (AvgIpc) is 2.46. The SMILES string of the molecule is Cc1ccc(NCC(=O)NCc2ccc(Cl)cc2)c(Cl)c1. The lowest BCUT2D eigenvalue weighted by Crippen LogP contribution is -2.29. The molecule has 110 valence electrons. The Morgan fingerprint density at radius 2 is 1.81 bits per heavy atom. The van der Waals surface area contributed by atoms with Gasteiger partial charge in [0.15, 0.2) is 0 Å². The molecule has 0 spiro atoms. The van der Waals surface area contributed by atoms with Gasteiger partial charge in [-0.3, -0.25) is 4.79 Å². The van der Waals surface area contributed by atoms with Crippen molar-refractivity contribution in [2.75, 3.05) is 11.9 Å². The number of halogens is 2. The van der Waals surface area contributed by atoms with Crippen LogP contribution in [0, 0.1) is 6.92 Å². The van der Waals surface area contributed by atoms with Gasteiger partial charge in [0.25, 0.3) is 0 Å². The van der Waals surface area contributed by atoms with Crippen molar-refractivity contribution in [1.29, 1.82) is 0 Å². The Bertz CT molecular complexity index is 627.